The van der Waals surface area contributed by atoms with Gasteiger partial charge in [-0.3, -0.25) is 13.9 Å². The molecule has 230 valence electrons. The number of halogens is 2. The normalized spacial score (nSPS) is 12.3. The molecule has 4 rings (SSSR count). The minimum absolute atomic E-state index is 0.000192. The lowest BCUT2D eigenvalue weighted by Crippen LogP contribution is -2.56. The Morgan fingerprint density at radius 3 is 1.86 bits per heavy atom. The maximum Gasteiger partial charge on any atom is 0.264 e. The Bertz CT molecular complexity index is 1680. The fraction of sp³-hybridized carbons (Fsp3) is 0.235. The summed E-state index contributed by atoms with van der Waals surface area (Å²) < 4.78 is 29.1. The van der Waals surface area contributed by atoms with Gasteiger partial charge >= 0.3 is 0 Å². The van der Waals surface area contributed by atoms with Crippen molar-refractivity contribution in [2.45, 2.75) is 50.2 Å². The highest BCUT2D eigenvalue weighted by atomic mass is 35.5. The van der Waals surface area contributed by atoms with Crippen LogP contribution in [0.5, 0.6) is 0 Å². The molecule has 1 atom stereocenters. The average molecular weight is 653 g/mol. The monoisotopic (exact) mass is 651 g/mol. The smallest absolute Gasteiger partial charge is 0.264 e. The molecule has 1 N–H and O–H groups in total. The fourth-order valence-electron chi connectivity index (χ4n) is 4.68. The zero-order valence-electron chi connectivity index (χ0n) is 24.8. The van der Waals surface area contributed by atoms with Crippen LogP contribution in [0.25, 0.3) is 0 Å². The molecule has 0 saturated heterocycles. The van der Waals surface area contributed by atoms with Gasteiger partial charge in [-0.2, -0.15) is 0 Å². The number of rotatable bonds is 11. The molecule has 0 fully saturated rings. The summed E-state index contributed by atoms with van der Waals surface area (Å²) in [4.78, 5) is 29.8. The van der Waals surface area contributed by atoms with Crippen LogP contribution in [0.15, 0.2) is 114 Å². The summed E-state index contributed by atoms with van der Waals surface area (Å²) in [7, 11) is -4.24. The number of hydrogen-bond donors (Lipinski definition) is 1. The number of anilines is 1. The van der Waals surface area contributed by atoms with Crippen molar-refractivity contribution >= 4 is 50.7 Å². The molecular weight excluding hydrogens is 617 g/mol. The quantitative estimate of drug-likeness (QED) is 0.194. The van der Waals surface area contributed by atoms with Gasteiger partial charge in [-0.15, -0.1) is 0 Å². The number of amides is 2. The Morgan fingerprint density at radius 1 is 0.773 bits per heavy atom. The third-order valence-electron chi connectivity index (χ3n) is 6.77. The average Bonchev–Trinajstić information content (AvgIpc) is 2.99. The zero-order chi connectivity index (χ0) is 31.9. The third kappa shape index (κ3) is 8.62. The van der Waals surface area contributed by atoms with E-state index in [4.69, 9.17) is 23.2 Å². The Labute approximate surface area is 269 Å². The van der Waals surface area contributed by atoms with Crippen LogP contribution in [0, 0.1) is 0 Å². The van der Waals surface area contributed by atoms with Crippen molar-refractivity contribution in [1.29, 1.82) is 0 Å². The van der Waals surface area contributed by atoms with Gasteiger partial charge < -0.3 is 10.2 Å². The second-order valence-electron chi connectivity index (χ2n) is 11.4. The van der Waals surface area contributed by atoms with E-state index in [2.05, 4.69) is 5.32 Å². The van der Waals surface area contributed by atoms with Crippen LogP contribution in [0.3, 0.4) is 0 Å². The summed E-state index contributed by atoms with van der Waals surface area (Å²) in [5.41, 5.74) is 1.23. The second kappa shape index (κ2) is 14.3. The zero-order valence-corrected chi connectivity index (χ0v) is 27.1. The van der Waals surface area contributed by atoms with Gasteiger partial charge in [-0.05, 0) is 62.2 Å². The summed E-state index contributed by atoms with van der Waals surface area (Å²) in [6.45, 7) is 5.09. The molecule has 4 aromatic rings. The van der Waals surface area contributed by atoms with Crippen LogP contribution < -0.4 is 9.62 Å². The van der Waals surface area contributed by atoms with Gasteiger partial charge in [-0.1, -0.05) is 102 Å². The van der Waals surface area contributed by atoms with Crippen LogP contribution in [-0.4, -0.2) is 43.3 Å². The summed E-state index contributed by atoms with van der Waals surface area (Å²) in [5.74, 6) is -0.915. The molecule has 44 heavy (non-hydrogen) atoms. The molecule has 0 saturated carbocycles. The largest absolute Gasteiger partial charge is 0.350 e. The SMILES string of the molecule is CC(C)(C)NC(=O)[C@@H](Cc1ccccc1)N(Cc1ccccc1)C(=O)CN(c1ccc(Cl)c(Cl)c1)S(=O)(=O)c1ccccc1. The lowest BCUT2D eigenvalue weighted by molar-refractivity contribution is -0.140. The van der Waals surface area contributed by atoms with E-state index in [9.17, 15) is 18.0 Å². The van der Waals surface area contributed by atoms with Crippen LogP contribution in [0.1, 0.15) is 31.9 Å². The number of carbonyl (C=O) groups is 2. The molecule has 0 heterocycles. The van der Waals surface area contributed by atoms with E-state index in [0.717, 1.165) is 15.4 Å². The van der Waals surface area contributed by atoms with E-state index >= 15 is 0 Å². The third-order valence-corrected chi connectivity index (χ3v) is 9.29. The molecule has 2 amide bonds. The molecule has 10 heteroatoms. The van der Waals surface area contributed by atoms with E-state index < -0.39 is 34.1 Å². The Morgan fingerprint density at radius 2 is 1.32 bits per heavy atom. The molecule has 0 aliphatic heterocycles. The fourth-order valence-corrected chi connectivity index (χ4v) is 6.39. The number of nitrogens with one attached hydrogen (secondary N) is 1. The van der Waals surface area contributed by atoms with Crippen LogP contribution in [0.2, 0.25) is 10.0 Å². The van der Waals surface area contributed by atoms with E-state index in [1.165, 1.54) is 35.2 Å². The number of nitrogens with zero attached hydrogens (tertiary/aromatic N) is 2. The predicted octanol–water partition coefficient (Wildman–Crippen LogP) is 6.74. The van der Waals surface area contributed by atoms with Crippen molar-refractivity contribution in [2.24, 2.45) is 0 Å². The van der Waals surface area contributed by atoms with E-state index in [1.54, 1.807) is 18.2 Å². The number of benzene rings is 4. The van der Waals surface area contributed by atoms with E-state index in [0.29, 0.717) is 0 Å². The summed E-state index contributed by atoms with van der Waals surface area (Å²) in [5, 5.41) is 3.40. The van der Waals surface area contributed by atoms with Crippen LogP contribution >= 0.6 is 23.2 Å². The van der Waals surface area contributed by atoms with Crippen molar-refractivity contribution in [3.8, 4) is 0 Å². The van der Waals surface area contributed by atoms with Crippen LogP contribution in [-0.2, 0) is 32.6 Å². The Balaban J connectivity index is 1.81. The van der Waals surface area contributed by atoms with E-state index in [1.807, 2.05) is 81.4 Å². The summed E-state index contributed by atoms with van der Waals surface area (Å²) in [6, 6.07) is 30.0. The predicted molar refractivity (Wildman–Crippen MR) is 176 cm³/mol. The van der Waals surface area contributed by atoms with Gasteiger partial charge in [0.2, 0.25) is 11.8 Å². The molecule has 4 aromatic carbocycles. The lowest BCUT2D eigenvalue weighted by Gasteiger charge is -2.35. The van der Waals surface area contributed by atoms with Crippen molar-refractivity contribution in [2.75, 3.05) is 10.8 Å². The molecular formula is C34H35Cl2N3O4S. The first-order valence-electron chi connectivity index (χ1n) is 14.1. The highest BCUT2D eigenvalue weighted by Gasteiger charge is 2.35. The van der Waals surface area contributed by atoms with Crippen LogP contribution in [0.4, 0.5) is 5.69 Å². The Hall–Kier alpha value is -3.85. The lowest BCUT2D eigenvalue weighted by atomic mass is 10.0. The molecule has 0 aliphatic carbocycles. The maximum atomic E-state index is 14.4. The van der Waals surface area contributed by atoms with Crippen molar-refractivity contribution in [1.82, 2.24) is 10.2 Å². The van der Waals surface area contributed by atoms with Gasteiger partial charge in [0.15, 0.2) is 0 Å². The maximum absolute atomic E-state index is 14.4. The molecule has 0 aliphatic rings. The minimum Gasteiger partial charge on any atom is -0.350 e. The van der Waals surface area contributed by atoms with E-state index in [-0.39, 0.29) is 39.5 Å². The molecule has 0 spiro atoms. The standard InChI is InChI=1S/C34H35Cl2N3O4S/c1-34(2,3)37-33(41)31(21-25-13-7-4-8-14-25)38(23-26-15-9-5-10-16-26)32(40)24-39(27-19-20-29(35)30(36)22-27)44(42,43)28-17-11-6-12-18-28/h4-20,22,31H,21,23-24H2,1-3H3,(H,37,41)/t31-/m1/s1. The van der Waals surface area contributed by atoms with Crippen molar-refractivity contribution in [3.63, 3.8) is 0 Å². The number of carbonyl (C=O) groups excluding carboxylic acids is 2. The first-order valence-corrected chi connectivity index (χ1v) is 16.3. The summed E-state index contributed by atoms with van der Waals surface area (Å²) >= 11 is 12.5. The first kappa shape index (κ1) is 33.1. The van der Waals surface area contributed by atoms with Gasteiger partial charge in [-0.25, -0.2) is 8.42 Å². The molecule has 0 bridgehead atoms. The van der Waals surface area contributed by atoms with Crippen molar-refractivity contribution < 1.29 is 18.0 Å². The minimum atomic E-state index is -4.24. The first-order chi connectivity index (χ1) is 20.8. The molecule has 7 nitrogen and oxygen atoms in total. The van der Waals surface area contributed by atoms with Gasteiger partial charge in [0.05, 0.1) is 20.6 Å². The molecule has 0 unspecified atom stereocenters. The molecule has 0 aromatic heterocycles. The number of hydrogen-bond acceptors (Lipinski definition) is 4. The van der Waals surface area contributed by atoms with Crippen molar-refractivity contribution in [3.05, 3.63) is 130 Å². The van der Waals surface area contributed by atoms with Gasteiger partial charge in [0.1, 0.15) is 12.6 Å². The molecule has 0 radical (unpaired) electrons. The highest BCUT2D eigenvalue weighted by Crippen LogP contribution is 2.31. The second-order valence-corrected chi connectivity index (χ2v) is 14.1. The number of sulfonamides is 1. The Kier molecular flexibility index (Phi) is 10.7. The summed E-state index contributed by atoms with van der Waals surface area (Å²) in [6.07, 6.45) is 0.222. The topological polar surface area (TPSA) is 86.8 Å². The van der Waals surface area contributed by atoms with Gasteiger partial charge in [0, 0.05) is 18.5 Å². The van der Waals surface area contributed by atoms with Gasteiger partial charge in [0.25, 0.3) is 10.0 Å². The highest BCUT2D eigenvalue weighted by molar-refractivity contribution is 7.92.